The van der Waals surface area contributed by atoms with Crippen LogP contribution in [0.3, 0.4) is 0 Å². The number of hydrogen-bond acceptors (Lipinski definition) is 4. The molecule has 4 nitrogen and oxygen atoms in total. The van der Waals surface area contributed by atoms with Gasteiger partial charge in [-0.15, -0.1) is 0 Å². The number of anilines is 2. The van der Waals surface area contributed by atoms with Gasteiger partial charge in [0.05, 0.1) is 5.69 Å². The lowest BCUT2D eigenvalue weighted by molar-refractivity contribution is 0.672. The molecule has 0 radical (unpaired) electrons. The van der Waals surface area contributed by atoms with Crippen molar-refractivity contribution in [3.05, 3.63) is 17.8 Å². The minimum atomic E-state index is -0.657. The summed E-state index contributed by atoms with van der Waals surface area (Å²) in [6, 6.07) is 3.78. The average molecular weight is 225 g/mol. The first-order valence-corrected chi connectivity index (χ1v) is 6.48. The summed E-state index contributed by atoms with van der Waals surface area (Å²) in [5.41, 5.74) is 7.54. The fourth-order valence-electron chi connectivity index (χ4n) is 1.66. The molecule has 0 aliphatic carbocycles. The predicted molar refractivity (Wildman–Crippen MR) is 63.5 cm³/mol. The molecule has 15 heavy (non-hydrogen) atoms. The number of aryl methyl sites for hydroxylation is 1. The van der Waals surface area contributed by atoms with E-state index in [4.69, 9.17) is 5.73 Å². The Bertz CT molecular complexity index is 384. The van der Waals surface area contributed by atoms with E-state index in [1.54, 1.807) is 0 Å². The van der Waals surface area contributed by atoms with Crippen LogP contribution >= 0.6 is 0 Å². The van der Waals surface area contributed by atoms with Crippen LogP contribution in [0.4, 0.5) is 11.5 Å². The minimum absolute atomic E-state index is 0.657. The van der Waals surface area contributed by atoms with Crippen molar-refractivity contribution in [1.82, 2.24) is 4.98 Å². The highest BCUT2D eigenvalue weighted by atomic mass is 32.2. The van der Waals surface area contributed by atoms with Crippen molar-refractivity contribution >= 4 is 22.3 Å². The second-order valence-corrected chi connectivity index (χ2v) is 5.40. The van der Waals surface area contributed by atoms with Gasteiger partial charge in [-0.05, 0) is 19.1 Å². The van der Waals surface area contributed by atoms with Crippen molar-refractivity contribution in [2.45, 2.75) is 6.92 Å². The summed E-state index contributed by atoms with van der Waals surface area (Å²) in [5.74, 6) is 2.27. The third kappa shape index (κ3) is 2.28. The quantitative estimate of drug-likeness (QED) is 0.758. The van der Waals surface area contributed by atoms with E-state index in [1.807, 2.05) is 19.1 Å². The molecule has 0 bridgehead atoms. The molecule has 2 rings (SSSR count). The van der Waals surface area contributed by atoms with Gasteiger partial charge in [0.2, 0.25) is 0 Å². The van der Waals surface area contributed by atoms with Crippen LogP contribution in [0.25, 0.3) is 0 Å². The van der Waals surface area contributed by atoms with Crippen LogP contribution in [-0.4, -0.2) is 33.8 Å². The Labute approximate surface area is 91.9 Å². The molecule has 0 spiro atoms. The standard InChI is InChI=1S/C10H15N3OS/c1-8-2-3-9(11)10(12-8)13-4-6-15(14)7-5-13/h2-3H,4-7,11H2,1H3. The lowest BCUT2D eigenvalue weighted by Crippen LogP contribution is -2.38. The van der Waals surface area contributed by atoms with E-state index in [0.29, 0.717) is 5.69 Å². The maximum absolute atomic E-state index is 11.2. The molecule has 0 amide bonds. The zero-order valence-corrected chi connectivity index (χ0v) is 9.59. The Morgan fingerprint density at radius 1 is 1.40 bits per heavy atom. The van der Waals surface area contributed by atoms with Crippen molar-refractivity contribution in [3.8, 4) is 0 Å². The first-order valence-electron chi connectivity index (χ1n) is 5.00. The van der Waals surface area contributed by atoms with Crippen LogP contribution < -0.4 is 10.6 Å². The van der Waals surface area contributed by atoms with Gasteiger partial charge in [0.15, 0.2) is 5.82 Å². The van der Waals surface area contributed by atoms with Gasteiger partial charge in [-0.1, -0.05) is 0 Å². The molecule has 0 unspecified atom stereocenters. The Kier molecular flexibility index (Phi) is 2.90. The van der Waals surface area contributed by atoms with E-state index < -0.39 is 10.8 Å². The smallest absolute Gasteiger partial charge is 0.152 e. The van der Waals surface area contributed by atoms with Crippen LogP contribution in [0, 0.1) is 6.92 Å². The molecule has 1 aliphatic heterocycles. The summed E-state index contributed by atoms with van der Waals surface area (Å²) in [6.45, 7) is 3.52. The second-order valence-electron chi connectivity index (χ2n) is 3.70. The average Bonchev–Trinajstić information content (AvgIpc) is 2.23. The number of nitrogens with zero attached hydrogens (tertiary/aromatic N) is 2. The molecule has 1 aromatic heterocycles. The monoisotopic (exact) mass is 225 g/mol. The van der Waals surface area contributed by atoms with Gasteiger partial charge >= 0.3 is 0 Å². The van der Waals surface area contributed by atoms with Crippen LogP contribution in [0.5, 0.6) is 0 Å². The van der Waals surface area contributed by atoms with Crippen molar-refractivity contribution < 1.29 is 4.21 Å². The molecular weight excluding hydrogens is 210 g/mol. The van der Waals surface area contributed by atoms with Gasteiger partial charge in [-0.25, -0.2) is 4.98 Å². The highest BCUT2D eigenvalue weighted by Gasteiger charge is 2.18. The van der Waals surface area contributed by atoms with E-state index in [0.717, 1.165) is 36.1 Å². The highest BCUT2D eigenvalue weighted by molar-refractivity contribution is 7.85. The Morgan fingerprint density at radius 3 is 2.73 bits per heavy atom. The summed E-state index contributed by atoms with van der Waals surface area (Å²) in [4.78, 5) is 6.54. The van der Waals surface area contributed by atoms with Gasteiger partial charge in [0.25, 0.3) is 0 Å². The Morgan fingerprint density at radius 2 is 2.07 bits per heavy atom. The summed E-state index contributed by atoms with van der Waals surface area (Å²) in [6.07, 6.45) is 0. The molecule has 0 aromatic carbocycles. The van der Waals surface area contributed by atoms with E-state index in [1.165, 1.54) is 0 Å². The molecule has 1 saturated heterocycles. The van der Waals surface area contributed by atoms with E-state index >= 15 is 0 Å². The van der Waals surface area contributed by atoms with Crippen molar-refractivity contribution in [1.29, 1.82) is 0 Å². The fraction of sp³-hybridized carbons (Fsp3) is 0.500. The van der Waals surface area contributed by atoms with E-state index in [-0.39, 0.29) is 0 Å². The lowest BCUT2D eigenvalue weighted by Gasteiger charge is -2.28. The van der Waals surface area contributed by atoms with Crippen LogP contribution in [-0.2, 0) is 10.8 Å². The molecular formula is C10H15N3OS. The SMILES string of the molecule is Cc1ccc(N)c(N2CCS(=O)CC2)n1. The molecule has 2 heterocycles. The number of nitrogen functional groups attached to an aromatic ring is 1. The number of nitrogens with two attached hydrogens (primary N) is 1. The summed E-state index contributed by atoms with van der Waals surface area (Å²) < 4.78 is 11.2. The van der Waals surface area contributed by atoms with Gasteiger partial charge in [-0.2, -0.15) is 0 Å². The number of hydrogen-bond donors (Lipinski definition) is 1. The Hall–Kier alpha value is -1.10. The summed E-state index contributed by atoms with van der Waals surface area (Å²) in [7, 11) is -0.657. The van der Waals surface area contributed by atoms with E-state index in [9.17, 15) is 4.21 Å². The zero-order chi connectivity index (χ0) is 10.8. The minimum Gasteiger partial charge on any atom is -0.396 e. The molecule has 2 N–H and O–H groups in total. The van der Waals surface area contributed by atoms with Crippen molar-refractivity contribution in [3.63, 3.8) is 0 Å². The first-order chi connectivity index (χ1) is 7.16. The van der Waals surface area contributed by atoms with Gasteiger partial charge < -0.3 is 10.6 Å². The molecule has 82 valence electrons. The van der Waals surface area contributed by atoms with E-state index in [2.05, 4.69) is 9.88 Å². The van der Waals surface area contributed by atoms with Crippen LogP contribution in [0.2, 0.25) is 0 Å². The molecule has 0 atom stereocenters. The third-order valence-corrected chi connectivity index (χ3v) is 3.80. The first kappa shape index (κ1) is 10.4. The topological polar surface area (TPSA) is 59.2 Å². The third-order valence-electron chi connectivity index (χ3n) is 2.52. The number of pyridine rings is 1. The molecule has 5 heteroatoms. The number of rotatable bonds is 1. The maximum Gasteiger partial charge on any atom is 0.152 e. The summed E-state index contributed by atoms with van der Waals surface area (Å²) in [5, 5.41) is 0. The normalized spacial score (nSPS) is 18.1. The van der Waals surface area contributed by atoms with Crippen LogP contribution in [0.15, 0.2) is 12.1 Å². The second kappa shape index (κ2) is 4.18. The van der Waals surface area contributed by atoms with Gasteiger partial charge in [0, 0.05) is 41.1 Å². The van der Waals surface area contributed by atoms with Crippen LogP contribution in [0.1, 0.15) is 5.69 Å². The van der Waals surface area contributed by atoms with Crippen molar-refractivity contribution in [2.75, 3.05) is 35.2 Å². The van der Waals surface area contributed by atoms with Gasteiger partial charge in [-0.3, -0.25) is 4.21 Å². The molecule has 1 fully saturated rings. The fourth-order valence-corrected chi connectivity index (χ4v) is 2.71. The van der Waals surface area contributed by atoms with Crippen molar-refractivity contribution in [2.24, 2.45) is 0 Å². The highest BCUT2D eigenvalue weighted by Crippen LogP contribution is 2.21. The van der Waals surface area contributed by atoms with Gasteiger partial charge in [0.1, 0.15) is 0 Å². The number of aromatic nitrogens is 1. The summed E-state index contributed by atoms with van der Waals surface area (Å²) >= 11 is 0. The largest absolute Gasteiger partial charge is 0.396 e. The maximum atomic E-state index is 11.2. The predicted octanol–water partition coefficient (Wildman–Crippen LogP) is 0.541. The Balaban J connectivity index is 2.21. The molecule has 0 saturated carbocycles. The molecule has 1 aliphatic rings. The zero-order valence-electron chi connectivity index (χ0n) is 8.77. The lowest BCUT2D eigenvalue weighted by atomic mass is 10.3. The molecule has 1 aromatic rings.